The minimum atomic E-state index is 0.0380. The van der Waals surface area contributed by atoms with E-state index in [-0.39, 0.29) is 12.5 Å². The van der Waals surface area contributed by atoms with E-state index in [9.17, 15) is 5.11 Å². The number of hydrogen-bond donors (Lipinski definition) is 1. The Morgan fingerprint density at radius 2 is 1.05 bits per heavy atom. The average molecular weight is 274 g/mol. The van der Waals surface area contributed by atoms with Gasteiger partial charge in [0.15, 0.2) is 0 Å². The second kappa shape index (κ2) is 6.38. The normalized spacial score (nSPS) is 12.0. The molecule has 0 aromatic heterocycles. The lowest BCUT2D eigenvalue weighted by Gasteiger charge is -2.15. The Balaban J connectivity index is 1.90. The van der Waals surface area contributed by atoms with Gasteiger partial charge in [-0.05, 0) is 22.3 Å². The van der Waals surface area contributed by atoms with E-state index in [0.29, 0.717) is 0 Å². The first-order valence-corrected chi connectivity index (χ1v) is 7.19. The van der Waals surface area contributed by atoms with Crippen molar-refractivity contribution in [2.75, 3.05) is 6.61 Å². The molecule has 1 atom stereocenters. The minimum Gasteiger partial charge on any atom is -0.395 e. The zero-order chi connectivity index (χ0) is 14.5. The average Bonchev–Trinajstić information content (AvgIpc) is 2.58. The first-order chi connectivity index (χ1) is 10.4. The Bertz CT molecular complexity index is 672. The summed E-state index contributed by atoms with van der Waals surface area (Å²) >= 11 is 0. The summed E-state index contributed by atoms with van der Waals surface area (Å²) in [5.74, 6) is 0.0380. The summed E-state index contributed by atoms with van der Waals surface area (Å²) < 4.78 is 0. The van der Waals surface area contributed by atoms with Gasteiger partial charge in [0.2, 0.25) is 0 Å². The van der Waals surface area contributed by atoms with E-state index in [4.69, 9.17) is 0 Å². The van der Waals surface area contributed by atoms with Gasteiger partial charge in [0.1, 0.15) is 0 Å². The molecule has 3 rings (SSSR count). The van der Waals surface area contributed by atoms with Crippen LogP contribution in [0.4, 0.5) is 0 Å². The van der Waals surface area contributed by atoms with Gasteiger partial charge in [-0.2, -0.15) is 0 Å². The predicted octanol–water partition coefficient (Wildman–Crippen LogP) is 4.48. The Labute approximate surface area is 125 Å². The molecule has 0 aliphatic rings. The molecular weight excluding hydrogens is 256 g/mol. The molecule has 0 heterocycles. The zero-order valence-electron chi connectivity index (χ0n) is 11.8. The molecule has 1 unspecified atom stereocenters. The van der Waals surface area contributed by atoms with Crippen molar-refractivity contribution in [3.63, 3.8) is 0 Å². The van der Waals surface area contributed by atoms with Crippen LogP contribution in [0, 0.1) is 0 Å². The van der Waals surface area contributed by atoms with E-state index in [1.54, 1.807) is 0 Å². The number of hydrogen-bond acceptors (Lipinski definition) is 1. The van der Waals surface area contributed by atoms with Gasteiger partial charge in [0, 0.05) is 5.92 Å². The summed E-state index contributed by atoms with van der Waals surface area (Å²) in [5.41, 5.74) is 4.70. The minimum absolute atomic E-state index is 0.0380. The SMILES string of the molecule is OCC(c1ccccc1)c1ccc(-c2ccccc2)cc1. The van der Waals surface area contributed by atoms with Crippen LogP contribution >= 0.6 is 0 Å². The number of benzene rings is 3. The van der Waals surface area contributed by atoms with Crippen LogP contribution in [0.15, 0.2) is 84.9 Å². The Hall–Kier alpha value is -2.38. The highest BCUT2D eigenvalue weighted by Gasteiger charge is 2.12. The third-order valence-corrected chi connectivity index (χ3v) is 3.80. The Morgan fingerprint density at radius 3 is 1.62 bits per heavy atom. The summed E-state index contributed by atoms with van der Waals surface area (Å²) in [6.07, 6.45) is 0. The molecule has 0 spiro atoms. The van der Waals surface area contributed by atoms with Crippen molar-refractivity contribution in [3.8, 4) is 11.1 Å². The standard InChI is InChI=1S/C20H18O/c21-15-20(18-9-5-2-6-10-18)19-13-11-17(12-14-19)16-7-3-1-4-8-16/h1-14,20-21H,15H2. The molecule has 0 aliphatic heterocycles. The first kappa shape index (κ1) is 13.6. The lowest BCUT2D eigenvalue weighted by atomic mass is 9.91. The Morgan fingerprint density at radius 1 is 0.571 bits per heavy atom. The summed E-state index contributed by atoms with van der Waals surface area (Å²) in [6, 6.07) is 28.9. The van der Waals surface area contributed by atoms with Crippen LogP contribution in [-0.4, -0.2) is 11.7 Å². The van der Waals surface area contributed by atoms with Crippen LogP contribution in [0.1, 0.15) is 17.0 Å². The first-order valence-electron chi connectivity index (χ1n) is 7.19. The van der Waals surface area contributed by atoms with Crippen LogP contribution in [-0.2, 0) is 0 Å². The van der Waals surface area contributed by atoms with Gasteiger partial charge >= 0.3 is 0 Å². The predicted molar refractivity (Wildman–Crippen MR) is 87.2 cm³/mol. The van der Waals surface area contributed by atoms with E-state index in [0.717, 1.165) is 11.1 Å². The second-order valence-corrected chi connectivity index (χ2v) is 5.13. The molecular formula is C20H18O. The van der Waals surface area contributed by atoms with Crippen molar-refractivity contribution in [2.24, 2.45) is 0 Å². The highest BCUT2D eigenvalue weighted by molar-refractivity contribution is 5.63. The molecule has 0 fully saturated rings. The van der Waals surface area contributed by atoms with E-state index >= 15 is 0 Å². The molecule has 0 bridgehead atoms. The fourth-order valence-corrected chi connectivity index (χ4v) is 2.63. The molecule has 3 aromatic carbocycles. The van der Waals surface area contributed by atoms with E-state index < -0.39 is 0 Å². The van der Waals surface area contributed by atoms with Gasteiger partial charge in [0.05, 0.1) is 6.61 Å². The maximum absolute atomic E-state index is 9.72. The summed E-state index contributed by atoms with van der Waals surface area (Å²) in [7, 11) is 0. The third kappa shape index (κ3) is 3.04. The molecule has 3 aromatic rings. The Kier molecular flexibility index (Phi) is 4.13. The van der Waals surface area contributed by atoms with Crippen molar-refractivity contribution in [2.45, 2.75) is 5.92 Å². The summed E-state index contributed by atoms with van der Waals surface area (Å²) in [6.45, 7) is 0.120. The monoisotopic (exact) mass is 274 g/mol. The number of aliphatic hydroxyl groups excluding tert-OH is 1. The molecule has 0 saturated carbocycles. The van der Waals surface area contributed by atoms with Crippen LogP contribution in [0.25, 0.3) is 11.1 Å². The fraction of sp³-hybridized carbons (Fsp3) is 0.100. The quantitative estimate of drug-likeness (QED) is 0.744. The largest absolute Gasteiger partial charge is 0.395 e. The molecule has 0 amide bonds. The van der Waals surface area contributed by atoms with E-state index in [1.165, 1.54) is 11.1 Å². The van der Waals surface area contributed by atoms with Crippen molar-refractivity contribution < 1.29 is 5.11 Å². The number of rotatable bonds is 4. The molecule has 0 radical (unpaired) electrons. The molecule has 21 heavy (non-hydrogen) atoms. The van der Waals surface area contributed by atoms with Gasteiger partial charge in [-0.3, -0.25) is 0 Å². The van der Waals surface area contributed by atoms with Crippen molar-refractivity contribution in [3.05, 3.63) is 96.1 Å². The van der Waals surface area contributed by atoms with Gasteiger partial charge in [-0.25, -0.2) is 0 Å². The van der Waals surface area contributed by atoms with Crippen LogP contribution < -0.4 is 0 Å². The van der Waals surface area contributed by atoms with Crippen LogP contribution in [0.2, 0.25) is 0 Å². The van der Waals surface area contributed by atoms with Crippen molar-refractivity contribution in [1.82, 2.24) is 0 Å². The van der Waals surface area contributed by atoms with Crippen LogP contribution in [0.5, 0.6) is 0 Å². The molecule has 1 nitrogen and oxygen atoms in total. The topological polar surface area (TPSA) is 20.2 Å². The van der Waals surface area contributed by atoms with Gasteiger partial charge in [-0.15, -0.1) is 0 Å². The maximum atomic E-state index is 9.72. The highest BCUT2D eigenvalue weighted by atomic mass is 16.3. The number of aliphatic hydroxyl groups is 1. The van der Waals surface area contributed by atoms with E-state index in [2.05, 4.69) is 48.5 Å². The van der Waals surface area contributed by atoms with Gasteiger partial charge in [-0.1, -0.05) is 84.9 Å². The third-order valence-electron chi connectivity index (χ3n) is 3.80. The van der Waals surface area contributed by atoms with Gasteiger partial charge in [0.25, 0.3) is 0 Å². The molecule has 0 aliphatic carbocycles. The van der Waals surface area contributed by atoms with Gasteiger partial charge < -0.3 is 5.11 Å². The maximum Gasteiger partial charge on any atom is 0.0540 e. The molecule has 104 valence electrons. The van der Waals surface area contributed by atoms with E-state index in [1.807, 2.05) is 36.4 Å². The van der Waals surface area contributed by atoms with Crippen molar-refractivity contribution in [1.29, 1.82) is 0 Å². The summed E-state index contributed by atoms with van der Waals surface area (Å²) in [5, 5.41) is 9.72. The lowest BCUT2D eigenvalue weighted by molar-refractivity contribution is 0.280. The molecule has 0 saturated heterocycles. The second-order valence-electron chi connectivity index (χ2n) is 5.13. The lowest BCUT2D eigenvalue weighted by Crippen LogP contribution is -2.05. The fourth-order valence-electron chi connectivity index (χ4n) is 2.63. The van der Waals surface area contributed by atoms with Crippen molar-refractivity contribution >= 4 is 0 Å². The smallest absolute Gasteiger partial charge is 0.0540 e. The molecule has 1 heteroatoms. The zero-order valence-corrected chi connectivity index (χ0v) is 11.8. The summed E-state index contributed by atoms with van der Waals surface area (Å²) in [4.78, 5) is 0. The molecule has 1 N–H and O–H groups in total. The van der Waals surface area contributed by atoms with Crippen LogP contribution in [0.3, 0.4) is 0 Å². The highest BCUT2D eigenvalue weighted by Crippen LogP contribution is 2.27.